The van der Waals surface area contributed by atoms with Crippen LogP contribution >= 0.6 is 0 Å². The van der Waals surface area contributed by atoms with Crippen molar-refractivity contribution in [1.82, 2.24) is 5.32 Å². The van der Waals surface area contributed by atoms with E-state index in [0.717, 1.165) is 18.4 Å². The number of hydrogen-bond acceptors (Lipinski definition) is 2. The van der Waals surface area contributed by atoms with Crippen molar-refractivity contribution in [2.45, 2.75) is 64.0 Å². The Morgan fingerprint density at radius 2 is 2.00 bits per heavy atom. The van der Waals surface area contributed by atoms with Crippen LogP contribution in [0, 0.1) is 23.2 Å². The molecule has 0 aromatic rings. The number of rotatable bonds is 3. The van der Waals surface area contributed by atoms with Gasteiger partial charge in [-0.3, -0.25) is 0 Å². The average molecular weight is 206 g/mol. The molecular weight excluding hydrogens is 184 g/mol. The molecule has 0 aliphatic heterocycles. The summed E-state index contributed by atoms with van der Waals surface area (Å²) in [6.45, 7) is 2.27. The lowest BCUT2D eigenvalue weighted by atomic mass is 9.96. The molecular formula is C13H22N2. The summed E-state index contributed by atoms with van der Waals surface area (Å²) in [6.07, 6.45) is 8.82. The summed E-state index contributed by atoms with van der Waals surface area (Å²) in [7, 11) is 0. The maximum Gasteiger partial charge on any atom is 0.0672 e. The quantitative estimate of drug-likeness (QED) is 0.721. The van der Waals surface area contributed by atoms with Gasteiger partial charge in [0.25, 0.3) is 0 Å². The van der Waals surface area contributed by atoms with Gasteiger partial charge in [0.15, 0.2) is 0 Å². The minimum Gasteiger partial charge on any atom is -0.310 e. The predicted molar refractivity (Wildman–Crippen MR) is 61.3 cm³/mol. The van der Waals surface area contributed by atoms with Crippen LogP contribution in [0.4, 0.5) is 0 Å². The van der Waals surface area contributed by atoms with Crippen LogP contribution in [0.3, 0.4) is 0 Å². The van der Waals surface area contributed by atoms with E-state index in [9.17, 15) is 0 Å². The Balaban J connectivity index is 1.85. The summed E-state index contributed by atoms with van der Waals surface area (Å²) in [6, 6.07) is 3.71. The Morgan fingerprint density at radius 1 is 1.20 bits per heavy atom. The largest absolute Gasteiger partial charge is 0.310 e. The summed E-state index contributed by atoms with van der Waals surface area (Å²) in [5.41, 5.74) is 0. The zero-order valence-corrected chi connectivity index (χ0v) is 9.71. The minimum absolute atomic E-state index is 0.269. The Labute approximate surface area is 93.0 Å². The maximum atomic E-state index is 9.15. The van der Waals surface area contributed by atoms with E-state index in [1.165, 1.54) is 38.5 Å². The van der Waals surface area contributed by atoms with Gasteiger partial charge in [-0.05, 0) is 25.2 Å². The molecule has 2 rings (SSSR count). The SMILES string of the molecule is CCC1CC1NC1CCCCCC1C#N. The Kier molecular flexibility index (Phi) is 3.64. The molecule has 0 spiro atoms. The zero-order chi connectivity index (χ0) is 10.7. The van der Waals surface area contributed by atoms with Gasteiger partial charge in [0.05, 0.1) is 12.0 Å². The molecule has 2 heteroatoms. The maximum absolute atomic E-state index is 9.15. The third kappa shape index (κ3) is 2.72. The molecule has 0 radical (unpaired) electrons. The van der Waals surface area contributed by atoms with Crippen molar-refractivity contribution in [3.8, 4) is 6.07 Å². The molecule has 0 heterocycles. The molecule has 84 valence electrons. The zero-order valence-electron chi connectivity index (χ0n) is 9.71. The lowest BCUT2D eigenvalue weighted by Crippen LogP contribution is -2.37. The topological polar surface area (TPSA) is 35.8 Å². The van der Waals surface area contributed by atoms with Gasteiger partial charge in [-0.25, -0.2) is 0 Å². The van der Waals surface area contributed by atoms with Crippen LogP contribution in [0.5, 0.6) is 0 Å². The monoisotopic (exact) mass is 206 g/mol. The average Bonchev–Trinajstić information content (AvgIpc) is 3.02. The number of hydrogen-bond donors (Lipinski definition) is 1. The third-order valence-electron chi connectivity index (χ3n) is 4.06. The second kappa shape index (κ2) is 4.99. The first-order valence-corrected chi connectivity index (χ1v) is 6.50. The summed E-state index contributed by atoms with van der Waals surface area (Å²) in [5.74, 6) is 1.17. The first-order valence-electron chi connectivity index (χ1n) is 6.50. The van der Waals surface area contributed by atoms with Gasteiger partial charge in [0.1, 0.15) is 0 Å². The fourth-order valence-electron chi connectivity index (χ4n) is 2.84. The molecule has 0 aromatic carbocycles. The number of nitrogens with zero attached hydrogens (tertiary/aromatic N) is 1. The molecule has 0 bridgehead atoms. The van der Waals surface area contributed by atoms with Crippen LogP contribution in [-0.2, 0) is 0 Å². The van der Waals surface area contributed by atoms with Crippen molar-refractivity contribution in [3.63, 3.8) is 0 Å². The predicted octanol–water partition coefficient (Wildman–Crippen LogP) is 2.85. The van der Waals surface area contributed by atoms with Gasteiger partial charge < -0.3 is 5.32 Å². The van der Waals surface area contributed by atoms with Gasteiger partial charge >= 0.3 is 0 Å². The highest BCUT2D eigenvalue weighted by molar-refractivity contribution is 5.00. The van der Waals surface area contributed by atoms with Crippen molar-refractivity contribution in [3.05, 3.63) is 0 Å². The lowest BCUT2D eigenvalue weighted by Gasteiger charge is -2.21. The summed E-state index contributed by atoms with van der Waals surface area (Å²) in [5, 5.41) is 12.9. The van der Waals surface area contributed by atoms with Crippen LogP contribution in [0.2, 0.25) is 0 Å². The van der Waals surface area contributed by atoms with Crippen LogP contribution < -0.4 is 5.32 Å². The van der Waals surface area contributed by atoms with Gasteiger partial charge in [-0.1, -0.05) is 32.6 Å². The minimum atomic E-state index is 0.269. The lowest BCUT2D eigenvalue weighted by molar-refractivity contribution is 0.384. The normalized spacial score (nSPS) is 40.5. The van der Waals surface area contributed by atoms with Gasteiger partial charge in [-0.15, -0.1) is 0 Å². The highest BCUT2D eigenvalue weighted by Gasteiger charge is 2.38. The van der Waals surface area contributed by atoms with E-state index < -0.39 is 0 Å². The molecule has 4 atom stereocenters. The van der Waals surface area contributed by atoms with Gasteiger partial charge in [0, 0.05) is 12.1 Å². The molecule has 0 saturated heterocycles. The van der Waals surface area contributed by atoms with Crippen LogP contribution in [0.1, 0.15) is 51.9 Å². The molecule has 1 N–H and O–H groups in total. The van der Waals surface area contributed by atoms with E-state index >= 15 is 0 Å². The summed E-state index contributed by atoms with van der Waals surface area (Å²) in [4.78, 5) is 0. The first kappa shape index (κ1) is 11.0. The Morgan fingerprint density at radius 3 is 2.67 bits per heavy atom. The second-order valence-corrected chi connectivity index (χ2v) is 5.16. The smallest absolute Gasteiger partial charge is 0.0672 e. The van der Waals surface area contributed by atoms with Gasteiger partial charge in [-0.2, -0.15) is 5.26 Å². The van der Waals surface area contributed by atoms with Crippen molar-refractivity contribution in [2.24, 2.45) is 11.8 Å². The van der Waals surface area contributed by atoms with E-state index in [4.69, 9.17) is 5.26 Å². The van der Waals surface area contributed by atoms with Crippen LogP contribution in [0.25, 0.3) is 0 Å². The standard InChI is InChI=1S/C13H22N2/c1-2-10-8-13(10)15-12-7-5-3-4-6-11(12)9-14/h10-13,15H,2-8H2,1H3. The highest BCUT2D eigenvalue weighted by atomic mass is 15.0. The highest BCUT2D eigenvalue weighted by Crippen LogP contribution is 2.35. The fraction of sp³-hybridized carbons (Fsp3) is 0.923. The molecule has 2 nitrogen and oxygen atoms in total. The second-order valence-electron chi connectivity index (χ2n) is 5.16. The van der Waals surface area contributed by atoms with E-state index in [-0.39, 0.29) is 5.92 Å². The molecule has 2 aliphatic carbocycles. The molecule has 4 unspecified atom stereocenters. The van der Waals surface area contributed by atoms with Crippen LogP contribution in [0.15, 0.2) is 0 Å². The number of nitrogens with one attached hydrogen (secondary N) is 1. The van der Waals surface area contributed by atoms with E-state index in [1.807, 2.05) is 0 Å². The van der Waals surface area contributed by atoms with Crippen molar-refractivity contribution in [2.75, 3.05) is 0 Å². The van der Waals surface area contributed by atoms with Crippen molar-refractivity contribution < 1.29 is 0 Å². The van der Waals surface area contributed by atoms with Gasteiger partial charge in [0.2, 0.25) is 0 Å². The van der Waals surface area contributed by atoms with E-state index in [1.54, 1.807) is 0 Å². The fourth-order valence-corrected chi connectivity index (χ4v) is 2.84. The molecule has 2 saturated carbocycles. The molecule has 2 aliphatic rings. The Bertz CT molecular complexity index is 243. The molecule has 2 fully saturated rings. The van der Waals surface area contributed by atoms with E-state index in [0.29, 0.717) is 6.04 Å². The van der Waals surface area contributed by atoms with E-state index in [2.05, 4.69) is 18.3 Å². The van der Waals surface area contributed by atoms with Crippen molar-refractivity contribution in [1.29, 1.82) is 5.26 Å². The Hall–Kier alpha value is -0.550. The first-order chi connectivity index (χ1) is 7.35. The summed E-state index contributed by atoms with van der Waals surface area (Å²) < 4.78 is 0. The molecule has 15 heavy (non-hydrogen) atoms. The molecule has 0 amide bonds. The molecule has 0 aromatic heterocycles. The number of nitriles is 1. The van der Waals surface area contributed by atoms with Crippen LogP contribution in [-0.4, -0.2) is 12.1 Å². The summed E-state index contributed by atoms with van der Waals surface area (Å²) >= 11 is 0. The third-order valence-corrected chi connectivity index (χ3v) is 4.06. The van der Waals surface area contributed by atoms with Crippen molar-refractivity contribution >= 4 is 0 Å².